The van der Waals surface area contributed by atoms with Gasteiger partial charge in [0.25, 0.3) is 0 Å². The summed E-state index contributed by atoms with van der Waals surface area (Å²) in [6, 6.07) is 6.63. The van der Waals surface area contributed by atoms with E-state index in [2.05, 4.69) is 118 Å². The van der Waals surface area contributed by atoms with E-state index in [9.17, 15) is 18.8 Å². The number of benzene rings is 1. The van der Waals surface area contributed by atoms with Gasteiger partial charge in [-0.15, -0.1) is 0 Å². The van der Waals surface area contributed by atoms with Crippen molar-refractivity contribution in [2.45, 2.75) is 94.0 Å². The summed E-state index contributed by atoms with van der Waals surface area (Å²) < 4.78 is 17.1. The Labute approximate surface area is 333 Å². The maximum Gasteiger partial charge on any atom is 1.00 e. The minimum Gasteiger partial charge on any atom is -0.587 e. The van der Waals surface area contributed by atoms with E-state index in [4.69, 9.17) is 1.37 Å². The molecule has 1 saturated heterocycles. The number of carbonyl (C=O) groups is 3. The number of alkyl halides is 2. The maximum absolute atomic E-state index is 10.9. The molecule has 3 amide bonds. The van der Waals surface area contributed by atoms with E-state index in [1.54, 1.807) is 27.6 Å². The van der Waals surface area contributed by atoms with Crippen LogP contribution in [-0.2, 0) is 4.79 Å². The van der Waals surface area contributed by atoms with Crippen LogP contribution in [0.3, 0.4) is 0 Å². The topological polar surface area (TPSA) is 77.3 Å². The predicted molar refractivity (Wildman–Crippen MR) is 197 cm³/mol. The van der Waals surface area contributed by atoms with Gasteiger partial charge in [-0.3, -0.25) is 9.18 Å². The molecule has 43 heavy (non-hydrogen) atoms. The van der Waals surface area contributed by atoms with Crippen LogP contribution in [0.5, 0.6) is 0 Å². The fourth-order valence-corrected chi connectivity index (χ4v) is 3.95. The molecule has 1 aromatic rings. The summed E-state index contributed by atoms with van der Waals surface area (Å²) in [6.07, 6.45) is 11.8. The molecule has 3 rings (SSSR count). The average Bonchev–Trinajstić information content (AvgIpc) is 3.20. The number of imide groups is 1. The maximum atomic E-state index is 10.9. The van der Waals surface area contributed by atoms with E-state index in [1.165, 1.54) is 17.6 Å². The van der Waals surface area contributed by atoms with Gasteiger partial charge in [0.05, 0.1) is 26.3 Å². The van der Waals surface area contributed by atoms with Crippen molar-refractivity contribution in [1.29, 1.82) is 0 Å². The molecule has 0 radical (unpaired) electrons. The standard InChI is InChI=1S/C8H5NO2.C7H13NO.C6H12.C5H9Br.C5H10.CH3F.CHIS.K/c10-7-5-3-1-2-4-6(5)8(11)9-7;1-4-5-6(9)8-7(5,2)3;1-4-5-6(2)3;1-5(2)3-4-6;1-3-5-4-2;1-2;2-1-3;/h1-4H,(H,9,10,11);5H,4H2,1-3H3,(H,8,9);5H,4H2,1-3H3;3H,4H2,1-2H3;3,5H,4H2,1-2H3;1H3;1H;/q;;;;;;;+1/p-1/b;;;;5-3+;;;/t;5-;;;;;;/m.0....../s1/i;;;;;1D;;. The van der Waals surface area contributed by atoms with Crippen molar-refractivity contribution in [3.05, 3.63) is 76.2 Å². The Kier molecular flexibility index (Phi) is 40.3. The van der Waals surface area contributed by atoms with Crippen molar-refractivity contribution in [2.75, 3.05) is 12.5 Å². The Bertz CT molecular complexity index is 966. The van der Waals surface area contributed by atoms with Crippen LogP contribution in [0.2, 0.25) is 0 Å². The monoisotopic (exact) mass is 821 g/mol. The van der Waals surface area contributed by atoms with Crippen molar-refractivity contribution in [1.82, 2.24) is 5.32 Å². The number of carbonyl (C=O) groups excluding carboxylic acids is 3. The molecule has 1 fully saturated rings. The number of allylic oxidation sites excluding steroid dienone is 6. The van der Waals surface area contributed by atoms with Gasteiger partial charge in [-0.1, -0.05) is 109 Å². The molecular formula is C33H52BrFIKN2O3S. The Hall–Kier alpha value is -0.0836. The smallest absolute Gasteiger partial charge is 0.587 e. The molecule has 240 valence electrons. The molecule has 0 unspecified atom stereocenters. The summed E-state index contributed by atoms with van der Waals surface area (Å²) in [5, 5.41) is 7.10. The minimum absolute atomic E-state index is 0. The molecule has 0 spiro atoms. The third kappa shape index (κ3) is 29.1. The van der Waals surface area contributed by atoms with Crippen LogP contribution < -0.4 is 56.7 Å². The fraction of sp³-hybridized carbons (Fsp3) is 0.515. The van der Waals surface area contributed by atoms with E-state index in [0.29, 0.717) is 11.1 Å². The van der Waals surface area contributed by atoms with Crippen LogP contribution in [-0.4, -0.2) is 39.1 Å². The first-order valence-corrected chi connectivity index (χ1v) is 16.5. The summed E-state index contributed by atoms with van der Waals surface area (Å²) in [6.45, 7) is 20.9. The number of rotatable bonds is 4. The van der Waals surface area contributed by atoms with Crippen molar-refractivity contribution in [2.24, 2.45) is 5.92 Å². The fourth-order valence-electron chi connectivity index (χ4n) is 3.30. The Morgan fingerprint density at radius 2 is 1.47 bits per heavy atom. The summed E-state index contributed by atoms with van der Waals surface area (Å²) >= 11 is 9.51. The van der Waals surface area contributed by atoms with Crippen LogP contribution in [0.25, 0.3) is 5.32 Å². The molecular weight excluding hydrogens is 769 g/mol. The van der Waals surface area contributed by atoms with Gasteiger partial charge in [0.2, 0.25) is 5.91 Å². The number of thiocarbonyl (C=S) groups is 1. The average molecular weight is 823 g/mol. The number of nitrogens with zero attached hydrogens (tertiary/aromatic N) is 1. The SMILES string of the molecule is C/C=C/CC.CC(C)=CCBr.CCC=C(C)C.CC[C@H]1C(=O)NC1(C)C.O=C1[N-]C(=O)c2ccccc21.S=CI.[2H]CF.[K+]. The summed E-state index contributed by atoms with van der Waals surface area (Å²) in [5.41, 5.74) is 3.67. The van der Waals surface area contributed by atoms with Crippen LogP contribution in [0.4, 0.5) is 4.39 Å². The van der Waals surface area contributed by atoms with Gasteiger partial charge >= 0.3 is 51.4 Å². The van der Waals surface area contributed by atoms with E-state index < -0.39 is 19.0 Å². The van der Waals surface area contributed by atoms with Crippen LogP contribution in [0.15, 0.2) is 59.7 Å². The van der Waals surface area contributed by atoms with Gasteiger partial charge in [0, 0.05) is 25.4 Å². The number of fused-ring (bicyclic) bond motifs is 1. The van der Waals surface area contributed by atoms with Crippen molar-refractivity contribution < 1.29 is 71.5 Å². The van der Waals surface area contributed by atoms with Gasteiger partial charge < -0.3 is 20.2 Å². The van der Waals surface area contributed by atoms with E-state index in [-0.39, 0.29) is 68.7 Å². The Morgan fingerprint density at radius 1 is 1.05 bits per heavy atom. The van der Waals surface area contributed by atoms with Gasteiger partial charge in [-0.05, 0) is 90.3 Å². The van der Waals surface area contributed by atoms with E-state index in [1.807, 2.05) is 36.4 Å². The normalized spacial score (nSPS) is 14.3. The quantitative estimate of drug-likeness (QED) is 0.0490. The molecule has 1 aromatic carbocycles. The first-order valence-electron chi connectivity index (χ1n) is 14.4. The minimum atomic E-state index is -1.00. The predicted octanol–water partition coefficient (Wildman–Crippen LogP) is 7.93. The molecule has 10 heteroatoms. The molecule has 0 aromatic heterocycles. The van der Waals surface area contributed by atoms with Crippen LogP contribution in [0.1, 0.15) is 111 Å². The van der Waals surface area contributed by atoms with Crippen LogP contribution >= 0.6 is 50.7 Å². The summed E-state index contributed by atoms with van der Waals surface area (Å²) in [5.74, 6) is -0.392. The third-order valence-corrected chi connectivity index (χ3v) is 5.53. The number of hydrogen-bond acceptors (Lipinski definition) is 4. The second-order valence-corrected chi connectivity index (χ2v) is 12.0. The number of nitrogens with one attached hydrogen (secondary N) is 1. The zero-order chi connectivity index (χ0) is 34.4. The molecule has 2 heterocycles. The molecule has 2 aliphatic heterocycles. The summed E-state index contributed by atoms with van der Waals surface area (Å²) in [4.78, 5) is 32.5. The Balaban J connectivity index is -0.000000141. The molecule has 1 atom stereocenters. The van der Waals surface area contributed by atoms with Gasteiger partial charge in [0.15, 0.2) is 0 Å². The van der Waals surface area contributed by atoms with Gasteiger partial charge in [-0.2, -0.15) is 0 Å². The van der Waals surface area contributed by atoms with Crippen molar-refractivity contribution in [3.63, 3.8) is 0 Å². The van der Waals surface area contributed by atoms with Crippen LogP contribution in [0, 0.1) is 5.92 Å². The number of amides is 3. The number of β-lactam (4-membered cyclic amide) rings is 1. The van der Waals surface area contributed by atoms with Crippen molar-refractivity contribution >= 4 is 71.8 Å². The van der Waals surface area contributed by atoms with Gasteiger partial charge in [-0.25, -0.2) is 0 Å². The second-order valence-electron chi connectivity index (χ2n) is 9.63. The summed E-state index contributed by atoms with van der Waals surface area (Å²) in [7, 11) is -1.00. The number of hydrogen-bond donors (Lipinski definition) is 1. The molecule has 2 aliphatic rings. The molecule has 0 aliphatic carbocycles. The second kappa shape index (κ2) is 34.8. The first kappa shape index (κ1) is 49.8. The number of halogens is 3. The Morgan fingerprint density at radius 3 is 1.60 bits per heavy atom. The van der Waals surface area contributed by atoms with Crippen molar-refractivity contribution in [3.8, 4) is 0 Å². The molecule has 0 bridgehead atoms. The third-order valence-electron chi connectivity index (χ3n) is 5.20. The van der Waals surface area contributed by atoms with E-state index >= 15 is 0 Å². The molecule has 0 saturated carbocycles. The van der Waals surface area contributed by atoms with E-state index in [0.717, 1.165) is 18.2 Å². The molecule has 1 N–H and O–H groups in total. The molecule has 5 nitrogen and oxygen atoms in total. The van der Waals surface area contributed by atoms with Gasteiger partial charge in [0.1, 0.15) is 0 Å². The zero-order valence-electron chi connectivity index (χ0n) is 29.0. The first-order chi connectivity index (χ1) is 20.1. The largest absolute Gasteiger partial charge is 1.00 e. The zero-order valence-corrected chi connectivity index (χ0v) is 35.7.